The fourth-order valence-electron chi connectivity index (χ4n) is 6.42. The van der Waals surface area contributed by atoms with Gasteiger partial charge in [0, 0.05) is 24.9 Å². The quantitative estimate of drug-likeness (QED) is 0.0214. The Labute approximate surface area is 383 Å². The molecule has 3 rings (SSSR count). The summed E-state index contributed by atoms with van der Waals surface area (Å²) >= 11 is 2.67. The van der Waals surface area contributed by atoms with Gasteiger partial charge < -0.3 is 63.2 Å². The number of likely N-dealkylation sites (tertiary alicyclic amines) is 1. The van der Waals surface area contributed by atoms with E-state index < -0.39 is 84.3 Å². The number of carboxylic acid groups (broad SMARTS) is 1. The van der Waals surface area contributed by atoms with E-state index in [9.17, 15) is 48.6 Å². The summed E-state index contributed by atoms with van der Waals surface area (Å²) in [5.74, 6) is -5.48. The molecular formula is C41H57N11O11S2. The zero-order valence-electron chi connectivity index (χ0n) is 36.5. The van der Waals surface area contributed by atoms with Crippen molar-refractivity contribution in [2.24, 2.45) is 16.5 Å². The number of aliphatic carboxylic acids is 1. The highest BCUT2D eigenvalue weighted by Gasteiger charge is 2.37. The molecule has 24 heteroatoms. The van der Waals surface area contributed by atoms with Crippen molar-refractivity contribution >= 4 is 76.6 Å². The number of aromatic nitrogens is 1. The molecule has 1 aromatic carbocycles. The van der Waals surface area contributed by atoms with Crippen molar-refractivity contribution in [3.8, 4) is 0 Å². The Kier molecular flexibility index (Phi) is 21.9. The predicted octanol–water partition coefficient (Wildman–Crippen LogP) is -0.234. The molecule has 1 aromatic heterocycles. The van der Waals surface area contributed by atoms with Crippen molar-refractivity contribution < 1.29 is 53.3 Å². The van der Waals surface area contributed by atoms with Crippen LogP contribution in [0.4, 0.5) is 4.79 Å². The first kappa shape index (κ1) is 52.8. The number of aliphatic imine (C=N–C) groups is 1. The van der Waals surface area contributed by atoms with Gasteiger partial charge in [0.15, 0.2) is 5.96 Å². The topological polar surface area (TPSA) is 339 Å². The maximum absolute atomic E-state index is 14.3. The smallest absolute Gasteiger partial charge is 0.328 e. The van der Waals surface area contributed by atoms with Crippen LogP contribution in [0.15, 0.2) is 64.3 Å². The number of hydrogen-bond donors (Lipinski definition) is 10. The van der Waals surface area contributed by atoms with Crippen LogP contribution in [0.5, 0.6) is 0 Å². The van der Waals surface area contributed by atoms with Crippen LogP contribution in [0.1, 0.15) is 73.1 Å². The number of allylic oxidation sites excluding steroid dienone is 2. The van der Waals surface area contributed by atoms with Gasteiger partial charge in [0.2, 0.25) is 11.8 Å². The molecule has 0 radical (unpaired) electrons. The number of thiazole rings is 1. The number of amides is 7. The molecular weight excluding hydrogens is 887 g/mol. The van der Waals surface area contributed by atoms with Gasteiger partial charge >= 0.3 is 18.0 Å². The van der Waals surface area contributed by atoms with E-state index in [1.165, 1.54) is 50.3 Å². The molecule has 354 valence electrons. The highest BCUT2D eigenvalue weighted by molar-refractivity contribution is 7.98. The Hall–Kier alpha value is -6.53. The molecule has 7 amide bonds. The number of urea groups is 1. The number of thioether (sulfide) groups is 1. The fourth-order valence-corrected chi connectivity index (χ4v) is 7.84. The minimum absolute atomic E-state index is 0.0457. The van der Waals surface area contributed by atoms with E-state index in [0.29, 0.717) is 42.1 Å². The zero-order valence-corrected chi connectivity index (χ0v) is 38.1. The average molecular weight is 944 g/mol. The van der Waals surface area contributed by atoms with E-state index >= 15 is 0 Å². The molecule has 1 aliphatic heterocycles. The van der Waals surface area contributed by atoms with E-state index in [0.717, 1.165) is 11.3 Å². The number of benzene rings is 1. The Bertz CT molecular complexity index is 2090. The second-order valence-electron chi connectivity index (χ2n) is 14.3. The number of nitrogens with zero attached hydrogens (tertiary/aromatic N) is 3. The summed E-state index contributed by atoms with van der Waals surface area (Å²) in [5.41, 5.74) is 10.9. The van der Waals surface area contributed by atoms with Gasteiger partial charge in [-0.3, -0.25) is 29.0 Å². The third kappa shape index (κ3) is 16.5. The van der Waals surface area contributed by atoms with Crippen LogP contribution in [0.3, 0.4) is 0 Å². The van der Waals surface area contributed by atoms with Crippen molar-refractivity contribution in [2.45, 2.75) is 82.6 Å². The van der Waals surface area contributed by atoms with Crippen LogP contribution in [0.2, 0.25) is 0 Å². The Morgan fingerprint density at radius 3 is 2.20 bits per heavy atom. The van der Waals surface area contributed by atoms with Gasteiger partial charge in [-0.25, -0.2) is 19.4 Å². The Balaban J connectivity index is 1.70. The summed E-state index contributed by atoms with van der Waals surface area (Å²) in [6.45, 7) is 2.32. The number of nitrogens with one attached hydrogen (secondary N) is 6. The fraction of sp³-hybridized carbons (Fsp3) is 0.463. The number of methoxy groups -OCH3 is 1. The molecule has 0 unspecified atom stereocenters. The molecule has 0 aliphatic carbocycles. The number of aliphatic hydroxyl groups is 1. The van der Waals surface area contributed by atoms with Crippen LogP contribution < -0.4 is 43.4 Å². The Morgan fingerprint density at radius 2 is 1.60 bits per heavy atom. The van der Waals surface area contributed by atoms with Crippen LogP contribution in [0.25, 0.3) is 0 Å². The normalized spacial score (nSPS) is 15.6. The summed E-state index contributed by atoms with van der Waals surface area (Å²) in [7, 11) is 1.23. The van der Waals surface area contributed by atoms with E-state index in [2.05, 4.69) is 41.9 Å². The van der Waals surface area contributed by atoms with Crippen molar-refractivity contribution in [3.05, 3.63) is 75.5 Å². The maximum atomic E-state index is 14.3. The number of esters is 1. The predicted molar refractivity (Wildman–Crippen MR) is 242 cm³/mol. The standard InChI is InChI=1S/C41H57N11O11S2/c1-5-24(45-34(56)29(21-53)48-33(55)25(6-2)50-41(62)51-28(38(59)60)20-23-12-8-7-9-13-23)32(54)46-26(14-10-17-44-40(42)43)37(58)52-18-11-15-31(52)36-49-30(22-65-36)35(57)47-27(16-19-64-4)39(61)63-3/h5-9,12-13,22,26-29,31,53H,10-11,14-21H2,1-4H3,(H,45,56)(H,46,54)(H,47,57)(H,48,55)(H,59,60)(H4,42,43,44)(H2,50,51,62)/t26-,27-,28-,29-,31-/m0/s1. The molecule has 12 N–H and O–H groups in total. The zero-order chi connectivity index (χ0) is 48.1. The summed E-state index contributed by atoms with van der Waals surface area (Å²) in [6, 6.07) is 1.94. The molecule has 0 bridgehead atoms. The van der Waals surface area contributed by atoms with Gasteiger partial charge in [0.25, 0.3) is 17.7 Å². The minimum atomic E-state index is -1.65. The van der Waals surface area contributed by atoms with Crippen LogP contribution in [-0.2, 0) is 39.9 Å². The largest absolute Gasteiger partial charge is 0.480 e. The van der Waals surface area contributed by atoms with Crippen molar-refractivity contribution in [1.82, 2.24) is 41.8 Å². The summed E-state index contributed by atoms with van der Waals surface area (Å²) < 4.78 is 4.84. The van der Waals surface area contributed by atoms with Crippen LogP contribution in [-0.4, -0.2) is 137 Å². The highest BCUT2D eigenvalue weighted by atomic mass is 32.2. The number of nitrogens with two attached hydrogens (primary N) is 2. The van der Waals surface area contributed by atoms with Crippen molar-refractivity contribution in [2.75, 3.05) is 38.8 Å². The van der Waals surface area contributed by atoms with Gasteiger partial charge in [-0.1, -0.05) is 42.5 Å². The summed E-state index contributed by atoms with van der Waals surface area (Å²) in [4.78, 5) is 114. The van der Waals surface area contributed by atoms with Gasteiger partial charge in [-0.2, -0.15) is 11.8 Å². The third-order valence-electron chi connectivity index (χ3n) is 9.79. The summed E-state index contributed by atoms with van der Waals surface area (Å²) in [6.07, 6.45) is 6.02. The monoisotopic (exact) mass is 943 g/mol. The first-order valence-electron chi connectivity index (χ1n) is 20.5. The lowest BCUT2D eigenvalue weighted by atomic mass is 10.1. The SMILES string of the molecule is CC=C(NC(=O)N[C@@H](Cc1ccccc1)C(=O)O)C(=O)N[C@@H](CO)C(=O)NC(=CC)C(=O)N[C@@H](CCCN=C(N)N)C(=O)N1CCC[C@H]1c1nc(C(=O)N[C@@H](CCSC)C(=O)OC)cs1. The molecule has 22 nitrogen and oxygen atoms in total. The number of hydrogen-bond acceptors (Lipinski definition) is 14. The lowest BCUT2D eigenvalue weighted by Gasteiger charge is -2.29. The third-order valence-corrected chi connectivity index (χ3v) is 11.4. The first-order valence-corrected chi connectivity index (χ1v) is 22.7. The van der Waals surface area contributed by atoms with E-state index in [1.54, 1.807) is 35.2 Å². The number of ether oxygens (including phenoxy) is 1. The van der Waals surface area contributed by atoms with Crippen molar-refractivity contribution in [3.63, 3.8) is 0 Å². The van der Waals surface area contributed by atoms with Gasteiger partial charge in [0.05, 0.1) is 19.8 Å². The van der Waals surface area contributed by atoms with Gasteiger partial charge in [-0.15, -0.1) is 11.3 Å². The lowest BCUT2D eigenvalue weighted by molar-refractivity contribution is -0.143. The van der Waals surface area contributed by atoms with E-state index in [1.807, 2.05) is 6.26 Å². The molecule has 1 fully saturated rings. The van der Waals surface area contributed by atoms with Crippen molar-refractivity contribution in [1.29, 1.82) is 0 Å². The molecule has 5 atom stereocenters. The maximum Gasteiger partial charge on any atom is 0.328 e. The molecule has 2 heterocycles. The first-order chi connectivity index (χ1) is 31.1. The summed E-state index contributed by atoms with van der Waals surface area (Å²) in [5, 5.41) is 36.2. The average Bonchev–Trinajstić information content (AvgIpc) is 3.99. The van der Waals surface area contributed by atoms with Crippen LogP contribution in [0, 0.1) is 0 Å². The highest BCUT2D eigenvalue weighted by Crippen LogP contribution is 2.34. The lowest BCUT2D eigenvalue weighted by Crippen LogP contribution is -2.54. The van der Waals surface area contributed by atoms with Crippen LogP contribution >= 0.6 is 23.1 Å². The second-order valence-corrected chi connectivity index (χ2v) is 16.2. The number of carbonyl (C=O) groups is 8. The van der Waals surface area contributed by atoms with Gasteiger partial charge in [-0.05, 0) is 63.5 Å². The number of guanidine groups is 1. The minimum Gasteiger partial charge on any atom is -0.480 e. The molecule has 0 spiro atoms. The number of rotatable bonds is 24. The van der Waals surface area contributed by atoms with E-state index in [-0.39, 0.29) is 48.9 Å². The Morgan fingerprint density at radius 1 is 0.938 bits per heavy atom. The van der Waals surface area contributed by atoms with Gasteiger partial charge in [0.1, 0.15) is 46.3 Å². The molecule has 1 aliphatic rings. The molecule has 2 aromatic rings. The molecule has 0 saturated carbocycles. The van der Waals surface area contributed by atoms with E-state index in [4.69, 9.17) is 16.2 Å². The number of carbonyl (C=O) groups excluding carboxylic acids is 7. The number of carboxylic acids is 1. The molecule has 1 saturated heterocycles. The second kappa shape index (κ2) is 26.9. The number of aliphatic hydroxyl groups excluding tert-OH is 1. The molecule has 65 heavy (non-hydrogen) atoms.